The quantitative estimate of drug-likeness (QED) is 0.758. The van der Waals surface area contributed by atoms with Crippen LogP contribution in [0.4, 0.5) is 8.78 Å². The molecule has 0 aliphatic heterocycles. The Bertz CT molecular complexity index is 326. The van der Waals surface area contributed by atoms with Crippen LogP contribution < -0.4 is 0 Å². The van der Waals surface area contributed by atoms with Gasteiger partial charge in [0.1, 0.15) is 11.6 Å². The highest BCUT2D eigenvalue weighted by atomic mass is 79.9. The largest absolute Gasteiger partial charge is 0.374 e. The van der Waals surface area contributed by atoms with E-state index in [1.807, 2.05) is 13.8 Å². The minimum Gasteiger partial charge on any atom is -0.374 e. The van der Waals surface area contributed by atoms with Crippen molar-refractivity contribution >= 4 is 15.9 Å². The summed E-state index contributed by atoms with van der Waals surface area (Å²) < 4.78 is 31.9. The molecule has 1 rings (SSSR count). The second kappa shape index (κ2) is 4.84. The number of rotatable bonds is 3. The predicted octanol–water partition coefficient (Wildman–Crippen LogP) is 3.65. The topological polar surface area (TPSA) is 9.23 Å². The van der Waals surface area contributed by atoms with Gasteiger partial charge in [0.05, 0.1) is 22.7 Å². The van der Waals surface area contributed by atoms with Gasteiger partial charge in [0.25, 0.3) is 0 Å². The highest BCUT2D eigenvalue weighted by molar-refractivity contribution is 9.10. The fourth-order valence-electron chi connectivity index (χ4n) is 0.951. The maximum atomic E-state index is 13.3. The van der Waals surface area contributed by atoms with Crippen molar-refractivity contribution < 1.29 is 13.5 Å². The monoisotopic (exact) mass is 264 g/mol. The molecule has 0 heterocycles. The van der Waals surface area contributed by atoms with Crippen LogP contribution in [0.5, 0.6) is 0 Å². The zero-order valence-corrected chi connectivity index (χ0v) is 9.57. The van der Waals surface area contributed by atoms with Gasteiger partial charge in [-0.25, -0.2) is 8.78 Å². The van der Waals surface area contributed by atoms with E-state index in [0.29, 0.717) is 0 Å². The van der Waals surface area contributed by atoms with Gasteiger partial charge in [-0.3, -0.25) is 0 Å². The summed E-state index contributed by atoms with van der Waals surface area (Å²) in [6.07, 6.45) is -0.0484. The minimum atomic E-state index is -0.592. The van der Waals surface area contributed by atoms with Gasteiger partial charge in [0.15, 0.2) is 0 Å². The highest BCUT2D eigenvalue weighted by Gasteiger charge is 2.12. The number of hydrogen-bond donors (Lipinski definition) is 0. The van der Waals surface area contributed by atoms with E-state index >= 15 is 0 Å². The molecule has 0 aliphatic carbocycles. The van der Waals surface area contributed by atoms with Crippen LogP contribution in [-0.4, -0.2) is 6.10 Å². The average molecular weight is 265 g/mol. The lowest BCUT2D eigenvalue weighted by molar-refractivity contribution is 0.0619. The van der Waals surface area contributed by atoms with Crippen LogP contribution in [-0.2, 0) is 11.3 Å². The first-order valence-electron chi connectivity index (χ1n) is 4.26. The molecule has 78 valence electrons. The molecule has 0 radical (unpaired) electrons. The highest BCUT2D eigenvalue weighted by Crippen LogP contribution is 2.22. The first kappa shape index (κ1) is 11.6. The van der Waals surface area contributed by atoms with Crippen molar-refractivity contribution in [2.75, 3.05) is 0 Å². The predicted molar refractivity (Wildman–Crippen MR) is 54.0 cm³/mol. The summed E-state index contributed by atoms with van der Waals surface area (Å²) in [5.41, 5.74) is -0.0342. The molecule has 14 heavy (non-hydrogen) atoms. The molecule has 0 saturated carbocycles. The first-order chi connectivity index (χ1) is 6.52. The van der Waals surface area contributed by atoms with Crippen LogP contribution in [0, 0.1) is 11.6 Å². The molecule has 0 N–H and O–H groups in total. The van der Waals surface area contributed by atoms with E-state index in [2.05, 4.69) is 15.9 Å². The van der Waals surface area contributed by atoms with Gasteiger partial charge >= 0.3 is 0 Å². The third-order valence-electron chi connectivity index (χ3n) is 1.70. The van der Waals surface area contributed by atoms with Gasteiger partial charge in [-0.1, -0.05) is 0 Å². The van der Waals surface area contributed by atoms with E-state index in [0.717, 1.165) is 0 Å². The molecule has 0 amide bonds. The zero-order valence-electron chi connectivity index (χ0n) is 7.98. The molecule has 0 unspecified atom stereocenters. The average Bonchev–Trinajstić information content (AvgIpc) is 2.11. The van der Waals surface area contributed by atoms with Crippen molar-refractivity contribution in [3.05, 3.63) is 33.8 Å². The maximum Gasteiger partial charge on any atom is 0.145 e. The Hall–Kier alpha value is -0.480. The molecule has 1 aromatic rings. The molecule has 0 aliphatic rings. The van der Waals surface area contributed by atoms with Crippen LogP contribution in [0.3, 0.4) is 0 Å². The molecule has 4 heteroatoms. The summed E-state index contributed by atoms with van der Waals surface area (Å²) in [5, 5.41) is 0. The summed E-state index contributed by atoms with van der Waals surface area (Å²) >= 11 is 2.99. The molecule has 0 atom stereocenters. The fourth-order valence-corrected chi connectivity index (χ4v) is 1.32. The molecule has 1 aromatic carbocycles. The molecule has 0 fully saturated rings. The Balaban J connectivity index is 2.89. The van der Waals surface area contributed by atoms with E-state index in [-0.39, 0.29) is 22.7 Å². The maximum absolute atomic E-state index is 13.3. The SMILES string of the molecule is CC(C)OCc1c(F)ccc(Br)c1F. The molecule has 0 bridgehead atoms. The Morgan fingerprint density at radius 2 is 2.00 bits per heavy atom. The standard InChI is InChI=1S/C10H11BrF2O/c1-6(2)14-5-7-9(12)4-3-8(11)10(7)13/h3-4,6H,5H2,1-2H3. The number of hydrogen-bond acceptors (Lipinski definition) is 1. The summed E-state index contributed by atoms with van der Waals surface area (Å²) in [5.74, 6) is -1.17. The van der Waals surface area contributed by atoms with Crippen molar-refractivity contribution in [2.45, 2.75) is 26.6 Å². The molecular weight excluding hydrogens is 254 g/mol. The molecule has 1 nitrogen and oxygen atoms in total. The van der Waals surface area contributed by atoms with Crippen LogP contribution >= 0.6 is 15.9 Å². The number of ether oxygens (including phenoxy) is 1. The van der Waals surface area contributed by atoms with Crippen molar-refractivity contribution in [1.82, 2.24) is 0 Å². The van der Waals surface area contributed by atoms with Gasteiger partial charge < -0.3 is 4.74 Å². The summed E-state index contributed by atoms with van der Waals surface area (Å²) in [6.45, 7) is 3.58. The lowest BCUT2D eigenvalue weighted by atomic mass is 10.2. The first-order valence-corrected chi connectivity index (χ1v) is 5.05. The Kier molecular flexibility index (Phi) is 4.01. The summed E-state index contributed by atoms with van der Waals surface area (Å²) in [6, 6.07) is 2.55. The van der Waals surface area contributed by atoms with E-state index in [1.54, 1.807) is 0 Å². The van der Waals surface area contributed by atoms with E-state index in [9.17, 15) is 8.78 Å². The van der Waals surface area contributed by atoms with Crippen LogP contribution in [0.15, 0.2) is 16.6 Å². The normalized spacial score (nSPS) is 11.0. The zero-order chi connectivity index (χ0) is 10.7. The molecule has 0 spiro atoms. The minimum absolute atomic E-state index is 0.0342. The number of halogens is 3. The van der Waals surface area contributed by atoms with Gasteiger partial charge in [-0.2, -0.15) is 0 Å². The Morgan fingerprint density at radius 1 is 1.36 bits per heavy atom. The van der Waals surface area contributed by atoms with Gasteiger partial charge in [-0.15, -0.1) is 0 Å². The molecule has 0 saturated heterocycles. The van der Waals surface area contributed by atoms with Crippen molar-refractivity contribution in [1.29, 1.82) is 0 Å². The smallest absolute Gasteiger partial charge is 0.145 e. The fraction of sp³-hybridized carbons (Fsp3) is 0.400. The van der Waals surface area contributed by atoms with E-state index in [4.69, 9.17) is 4.74 Å². The third-order valence-corrected chi connectivity index (χ3v) is 2.31. The van der Waals surface area contributed by atoms with Crippen LogP contribution in [0.2, 0.25) is 0 Å². The van der Waals surface area contributed by atoms with Gasteiger partial charge in [0, 0.05) is 0 Å². The van der Waals surface area contributed by atoms with Crippen molar-refractivity contribution in [2.24, 2.45) is 0 Å². The summed E-state index contributed by atoms with van der Waals surface area (Å²) in [7, 11) is 0. The van der Waals surface area contributed by atoms with Crippen LogP contribution in [0.1, 0.15) is 19.4 Å². The lowest BCUT2D eigenvalue weighted by Gasteiger charge is -2.09. The van der Waals surface area contributed by atoms with Gasteiger partial charge in [0.2, 0.25) is 0 Å². The second-order valence-corrected chi connectivity index (χ2v) is 4.04. The van der Waals surface area contributed by atoms with E-state index < -0.39 is 11.6 Å². The summed E-state index contributed by atoms with van der Waals surface area (Å²) in [4.78, 5) is 0. The second-order valence-electron chi connectivity index (χ2n) is 3.18. The molecule has 0 aromatic heterocycles. The van der Waals surface area contributed by atoms with Crippen molar-refractivity contribution in [3.63, 3.8) is 0 Å². The third kappa shape index (κ3) is 2.75. The van der Waals surface area contributed by atoms with Crippen molar-refractivity contribution in [3.8, 4) is 0 Å². The Morgan fingerprint density at radius 3 is 2.57 bits per heavy atom. The lowest BCUT2D eigenvalue weighted by Crippen LogP contribution is -2.06. The molecular formula is C10H11BrF2O. The number of benzene rings is 1. The van der Waals surface area contributed by atoms with Gasteiger partial charge in [-0.05, 0) is 41.9 Å². The van der Waals surface area contributed by atoms with Crippen LogP contribution in [0.25, 0.3) is 0 Å². The Labute approximate surface area is 90.2 Å². The van der Waals surface area contributed by atoms with E-state index in [1.165, 1.54) is 12.1 Å².